The van der Waals surface area contributed by atoms with Gasteiger partial charge in [-0.05, 0) is 32.4 Å². The molecule has 1 atom stereocenters. The van der Waals surface area contributed by atoms with Crippen LogP contribution in [0.15, 0.2) is 23.1 Å². The standard InChI is InChI=1S/C14H21N3O4S/c1-3-9-16(12-7-8-15-10-12)22(20,21)14-6-4-5-13(11(14)2)17(18)19/h4-6,12,15H,3,7-10H2,1-2H3. The second-order valence-electron chi connectivity index (χ2n) is 5.42. The van der Waals surface area contributed by atoms with Crippen LogP contribution in [0.25, 0.3) is 0 Å². The van der Waals surface area contributed by atoms with Crippen LogP contribution in [-0.4, -0.2) is 43.3 Å². The number of hydrogen-bond donors (Lipinski definition) is 1. The molecule has 8 heteroatoms. The molecule has 0 aliphatic carbocycles. The molecule has 1 aliphatic heterocycles. The molecular weight excluding hydrogens is 306 g/mol. The second kappa shape index (κ2) is 6.72. The summed E-state index contributed by atoms with van der Waals surface area (Å²) in [5.74, 6) is 0. The molecule has 1 aromatic rings. The van der Waals surface area contributed by atoms with E-state index in [1.807, 2.05) is 6.92 Å². The van der Waals surface area contributed by atoms with Crippen molar-refractivity contribution in [2.75, 3.05) is 19.6 Å². The summed E-state index contributed by atoms with van der Waals surface area (Å²) in [4.78, 5) is 10.5. The van der Waals surface area contributed by atoms with E-state index in [1.165, 1.54) is 29.4 Å². The van der Waals surface area contributed by atoms with Gasteiger partial charge in [-0.15, -0.1) is 0 Å². The molecule has 0 saturated carbocycles. The lowest BCUT2D eigenvalue weighted by molar-refractivity contribution is -0.385. The molecule has 122 valence electrons. The maximum absolute atomic E-state index is 13.0. The van der Waals surface area contributed by atoms with Crippen molar-refractivity contribution in [1.29, 1.82) is 0 Å². The summed E-state index contributed by atoms with van der Waals surface area (Å²) in [7, 11) is -3.74. The molecule has 0 aromatic heterocycles. The fourth-order valence-corrected chi connectivity index (χ4v) is 4.80. The summed E-state index contributed by atoms with van der Waals surface area (Å²) < 4.78 is 27.4. The Morgan fingerprint density at radius 3 is 2.73 bits per heavy atom. The maximum atomic E-state index is 13.0. The fourth-order valence-electron chi connectivity index (χ4n) is 2.81. The third-order valence-corrected chi connectivity index (χ3v) is 6.02. The van der Waals surface area contributed by atoms with E-state index in [1.54, 1.807) is 0 Å². The lowest BCUT2D eigenvalue weighted by atomic mass is 10.2. The normalized spacial score (nSPS) is 18.8. The first-order valence-corrected chi connectivity index (χ1v) is 8.80. The van der Waals surface area contributed by atoms with Crippen molar-refractivity contribution < 1.29 is 13.3 Å². The van der Waals surface area contributed by atoms with Crippen LogP contribution in [-0.2, 0) is 10.0 Å². The van der Waals surface area contributed by atoms with Gasteiger partial charge < -0.3 is 5.32 Å². The number of nitro benzene ring substituents is 1. The number of rotatable bonds is 6. The Labute approximate surface area is 130 Å². The summed E-state index contributed by atoms with van der Waals surface area (Å²) in [6.07, 6.45) is 1.46. The Balaban J connectivity index is 2.47. The molecule has 1 N–H and O–H groups in total. The molecule has 1 aromatic carbocycles. The highest BCUT2D eigenvalue weighted by molar-refractivity contribution is 7.89. The maximum Gasteiger partial charge on any atom is 0.273 e. The zero-order valence-corrected chi connectivity index (χ0v) is 13.6. The molecule has 2 rings (SSSR count). The van der Waals surface area contributed by atoms with Crippen molar-refractivity contribution in [1.82, 2.24) is 9.62 Å². The quantitative estimate of drug-likeness (QED) is 0.634. The van der Waals surface area contributed by atoms with Crippen LogP contribution in [0, 0.1) is 17.0 Å². The number of hydrogen-bond acceptors (Lipinski definition) is 5. The molecule has 0 amide bonds. The number of nitrogens with zero attached hydrogens (tertiary/aromatic N) is 2. The summed E-state index contributed by atoms with van der Waals surface area (Å²) in [5.41, 5.74) is 0.0293. The summed E-state index contributed by atoms with van der Waals surface area (Å²) in [6, 6.07) is 4.11. The van der Waals surface area contributed by atoms with Crippen molar-refractivity contribution in [3.8, 4) is 0 Å². The van der Waals surface area contributed by atoms with Crippen molar-refractivity contribution in [3.63, 3.8) is 0 Å². The Morgan fingerprint density at radius 2 is 2.18 bits per heavy atom. The number of sulfonamides is 1. The van der Waals surface area contributed by atoms with Crippen LogP contribution in [0.2, 0.25) is 0 Å². The van der Waals surface area contributed by atoms with Gasteiger partial charge in [-0.3, -0.25) is 10.1 Å². The molecule has 7 nitrogen and oxygen atoms in total. The third kappa shape index (κ3) is 3.13. The number of nitrogens with one attached hydrogen (secondary N) is 1. The number of nitro groups is 1. The summed E-state index contributed by atoms with van der Waals surface area (Å²) in [6.45, 7) is 5.23. The van der Waals surface area contributed by atoms with E-state index >= 15 is 0 Å². The fraction of sp³-hybridized carbons (Fsp3) is 0.571. The Morgan fingerprint density at radius 1 is 1.45 bits per heavy atom. The first kappa shape index (κ1) is 16.9. The van der Waals surface area contributed by atoms with Gasteiger partial charge in [0.1, 0.15) is 0 Å². The second-order valence-corrected chi connectivity index (χ2v) is 7.28. The molecule has 1 saturated heterocycles. The van der Waals surface area contributed by atoms with E-state index in [2.05, 4.69) is 5.32 Å². The minimum absolute atomic E-state index is 0.0297. The van der Waals surface area contributed by atoms with Gasteiger partial charge in [0.15, 0.2) is 0 Å². The van der Waals surface area contributed by atoms with E-state index in [9.17, 15) is 18.5 Å². The molecule has 22 heavy (non-hydrogen) atoms. The zero-order chi connectivity index (χ0) is 16.3. The molecular formula is C14H21N3O4S. The molecule has 1 aliphatic rings. The minimum atomic E-state index is -3.74. The molecule has 0 radical (unpaired) electrons. The van der Waals surface area contributed by atoms with Crippen LogP contribution in [0.4, 0.5) is 5.69 Å². The lowest BCUT2D eigenvalue weighted by Gasteiger charge is -2.27. The van der Waals surface area contributed by atoms with E-state index < -0.39 is 14.9 Å². The first-order valence-electron chi connectivity index (χ1n) is 7.36. The number of benzene rings is 1. The summed E-state index contributed by atoms with van der Waals surface area (Å²) >= 11 is 0. The van der Waals surface area contributed by atoms with Gasteiger partial charge in [0.05, 0.1) is 9.82 Å². The van der Waals surface area contributed by atoms with Gasteiger partial charge in [0.2, 0.25) is 10.0 Å². The summed E-state index contributed by atoms with van der Waals surface area (Å²) in [5, 5.41) is 14.2. The highest BCUT2D eigenvalue weighted by atomic mass is 32.2. The van der Waals surface area contributed by atoms with Crippen molar-refractivity contribution >= 4 is 15.7 Å². The smallest absolute Gasteiger partial charge is 0.273 e. The van der Waals surface area contributed by atoms with Crippen molar-refractivity contribution in [2.24, 2.45) is 0 Å². The Hall–Kier alpha value is -1.51. The lowest BCUT2D eigenvalue weighted by Crippen LogP contribution is -2.42. The zero-order valence-electron chi connectivity index (χ0n) is 12.8. The SMILES string of the molecule is CCCN(C1CCNC1)S(=O)(=O)c1cccc([N+](=O)[O-])c1C. The molecule has 1 heterocycles. The van der Waals surface area contributed by atoms with Crippen LogP contribution in [0.5, 0.6) is 0 Å². The monoisotopic (exact) mass is 327 g/mol. The third-order valence-electron chi connectivity index (χ3n) is 3.92. The van der Waals surface area contributed by atoms with E-state index in [0.29, 0.717) is 19.5 Å². The van der Waals surface area contributed by atoms with Crippen LogP contribution < -0.4 is 5.32 Å². The van der Waals surface area contributed by atoms with Crippen molar-refractivity contribution in [3.05, 3.63) is 33.9 Å². The predicted molar refractivity (Wildman–Crippen MR) is 83.3 cm³/mol. The molecule has 1 fully saturated rings. The van der Waals surface area contributed by atoms with Crippen LogP contribution in [0.3, 0.4) is 0 Å². The Bertz CT molecular complexity index is 654. The average Bonchev–Trinajstić information content (AvgIpc) is 2.97. The van der Waals surface area contributed by atoms with Gasteiger partial charge in [0.25, 0.3) is 5.69 Å². The van der Waals surface area contributed by atoms with Gasteiger partial charge >= 0.3 is 0 Å². The van der Waals surface area contributed by atoms with E-state index in [4.69, 9.17) is 0 Å². The average molecular weight is 327 g/mol. The topological polar surface area (TPSA) is 92.6 Å². The van der Waals surface area contributed by atoms with E-state index in [0.717, 1.165) is 13.0 Å². The molecule has 1 unspecified atom stereocenters. The highest BCUT2D eigenvalue weighted by Crippen LogP contribution is 2.29. The first-order chi connectivity index (χ1) is 10.4. The predicted octanol–water partition coefficient (Wildman–Crippen LogP) is 1.67. The largest absolute Gasteiger partial charge is 0.315 e. The molecule has 0 bridgehead atoms. The van der Waals surface area contributed by atoms with Gasteiger partial charge in [-0.2, -0.15) is 4.31 Å². The van der Waals surface area contributed by atoms with Crippen molar-refractivity contribution in [2.45, 2.75) is 37.6 Å². The minimum Gasteiger partial charge on any atom is -0.315 e. The molecule has 0 spiro atoms. The van der Waals surface area contributed by atoms with Crippen LogP contribution in [0.1, 0.15) is 25.3 Å². The van der Waals surface area contributed by atoms with Gasteiger partial charge in [-0.1, -0.05) is 13.0 Å². The van der Waals surface area contributed by atoms with Gasteiger partial charge in [-0.25, -0.2) is 8.42 Å². The van der Waals surface area contributed by atoms with Crippen LogP contribution >= 0.6 is 0 Å². The Kier molecular flexibility index (Phi) is 5.15. The van der Waals surface area contributed by atoms with E-state index in [-0.39, 0.29) is 22.2 Å². The highest BCUT2D eigenvalue weighted by Gasteiger charge is 2.34. The van der Waals surface area contributed by atoms with Gasteiger partial charge in [0, 0.05) is 30.8 Å².